The highest BCUT2D eigenvalue weighted by molar-refractivity contribution is 5.80. The number of ether oxygens (including phenoxy) is 1. The number of amides is 1. The number of likely N-dealkylation sites (N-methyl/N-ethyl adjacent to an activating group) is 1. The molecule has 3 aromatic rings. The van der Waals surface area contributed by atoms with Gasteiger partial charge in [0.1, 0.15) is 23.3 Å². The van der Waals surface area contributed by atoms with E-state index in [0.29, 0.717) is 24.3 Å². The number of benzene rings is 2. The summed E-state index contributed by atoms with van der Waals surface area (Å²) in [6.07, 6.45) is 0.751. The Bertz CT molecular complexity index is 992. The summed E-state index contributed by atoms with van der Waals surface area (Å²) in [7, 11) is 1.74. The fraction of sp³-hybridized carbons (Fsp3) is 0.261. The van der Waals surface area contributed by atoms with E-state index in [9.17, 15) is 4.79 Å². The highest BCUT2D eigenvalue weighted by Crippen LogP contribution is 2.20. The lowest BCUT2D eigenvalue weighted by molar-refractivity contribution is -0.136. The lowest BCUT2D eigenvalue weighted by atomic mass is 10.1. The van der Waals surface area contributed by atoms with Gasteiger partial charge in [0.15, 0.2) is 6.10 Å². The molecule has 1 amide bonds. The Morgan fingerprint density at radius 2 is 1.93 bits per heavy atom. The third kappa shape index (κ3) is 5.23. The molecule has 1 unspecified atom stereocenters. The van der Waals surface area contributed by atoms with Gasteiger partial charge in [-0.05, 0) is 25.5 Å². The maximum Gasteiger partial charge on any atom is 0.263 e. The number of nitriles is 1. The van der Waals surface area contributed by atoms with Gasteiger partial charge in [-0.15, -0.1) is 0 Å². The molecule has 0 saturated carbocycles. The van der Waals surface area contributed by atoms with Crippen LogP contribution < -0.4 is 4.74 Å². The van der Waals surface area contributed by atoms with Crippen LogP contribution in [0.4, 0.5) is 0 Å². The van der Waals surface area contributed by atoms with E-state index in [1.54, 1.807) is 43.1 Å². The molecule has 1 atom stereocenters. The van der Waals surface area contributed by atoms with Gasteiger partial charge in [-0.1, -0.05) is 47.6 Å². The molecule has 0 spiro atoms. The van der Waals surface area contributed by atoms with Crippen LogP contribution in [0.5, 0.6) is 5.75 Å². The van der Waals surface area contributed by atoms with E-state index in [0.717, 1.165) is 23.4 Å². The predicted molar refractivity (Wildman–Crippen MR) is 109 cm³/mol. The Morgan fingerprint density at radius 3 is 2.69 bits per heavy atom. The Labute approximate surface area is 170 Å². The van der Waals surface area contributed by atoms with Crippen molar-refractivity contribution >= 4 is 5.91 Å². The molecule has 1 heterocycles. The van der Waals surface area contributed by atoms with E-state index < -0.39 is 6.10 Å². The third-order valence-electron chi connectivity index (χ3n) is 4.58. The Kier molecular flexibility index (Phi) is 6.64. The summed E-state index contributed by atoms with van der Waals surface area (Å²) in [5, 5.41) is 13.2. The zero-order valence-corrected chi connectivity index (χ0v) is 16.5. The smallest absolute Gasteiger partial charge is 0.263 e. The molecule has 2 aromatic carbocycles. The molecule has 0 bridgehead atoms. The number of carbonyl (C=O) groups excluding carboxylic acids is 1. The molecule has 0 radical (unpaired) electrons. The van der Waals surface area contributed by atoms with Crippen molar-refractivity contribution in [2.24, 2.45) is 0 Å². The molecule has 29 heavy (non-hydrogen) atoms. The third-order valence-corrected chi connectivity index (χ3v) is 4.58. The van der Waals surface area contributed by atoms with Gasteiger partial charge in [0, 0.05) is 31.6 Å². The van der Waals surface area contributed by atoms with Crippen LogP contribution in [-0.4, -0.2) is 35.7 Å². The summed E-state index contributed by atoms with van der Waals surface area (Å²) in [4.78, 5) is 14.2. The van der Waals surface area contributed by atoms with Crippen molar-refractivity contribution in [1.82, 2.24) is 10.1 Å². The SMILES string of the molecule is CC(Oc1ccccc1C#N)C(=O)N(C)CCCc1cc(-c2ccccc2)no1. The number of aromatic nitrogens is 1. The summed E-state index contributed by atoms with van der Waals surface area (Å²) in [5.74, 6) is 1.07. The number of para-hydroxylation sites is 1. The van der Waals surface area contributed by atoms with E-state index in [4.69, 9.17) is 14.5 Å². The van der Waals surface area contributed by atoms with Crippen LogP contribution in [0.1, 0.15) is 24.7 Å². The fourth-order valence-corrected chi connectivity index (χ4v) is 2.99. The number of carbonyl (C=O) groups is 1. The van der Waals surface area contributed by atoms with Gasteiger partial charge >= 0.3 is 0 Å². The first-order valence-electron chi connectivity index (χ1n) is 9.50. The van der Waals surface area contributed by atoms with Gasteiger partial charge in [0.2, 0.25) is 0 Å². The van der Waals surface area contributed by atoms with Crippen molar-refractivity contribution in [3.8, 4) is 23.1 Å². The van der Waals surface area contributed by atoms with Gasteiger partial charge in [0.25, 0.3) is 5.91 Å². The Morgan fingerprint density at radius 1 is 1.21 bits per heavy atom. The van der Waals surface area contributed by atoms with Crippen molar-refractivity contribution in [1.29, 1.82) is 5.26 Å². The molecule has 0 aliphatic rings. The molecule has 1 aromatic heterocycles. The van der Waals surface area contributed by atoms with Crippen molar-refractivity contribution in [3.05, 3.63) is 72.0 Å². The Balaban J connectivity index is 1.49. The minimum atomic E-state index is -0.676. The normalized spacial score (nSPS) is 11.5. The first-order chi connectivity index (χ1) is 14.1. The molecule has 0 N–H and O–H groups in total. The molecular weight excluding hydrogens is 366 g/mol. The largest absolute Gasteiger partial charge is 0.480 e. The van der Waals surface area contributed by atoms with Gasteiger partial charge in [0.05, 0.1) is 5.56 Å². The van der Waals surface area contributed by atoms with E-state index >= 15 is 0 Å². The van der Waals surface area contributed by atoms with Crippen LogP contribution in [0.2, 0.25) is 0 Å². The highest BCUT2D eigenvalue weighted by atomic mass is 16.5. The maximum atomic E-state index is 12.6. The number of aryl methyl sites for hydroxylation is 1. The minimum Gasteiger partial charge on any atom is -0.480 e. The molecule has 0 fully saturated rings. The molecule has 0 aliphatic heterocycles. The molecule has 6 nitrogen and oxygen atoms in total. The van der Waals surface area contributed by atoms with Crippen LogP contribution in [0, 0.1) is 11.3 Å². The summed E-state index contributed by atoms with van der Waals surface area (Å²) < 4.78 is 11.1. The van der Waals surface area contributed by atoms with E-state index in [2.05, 4.69) is 11.2 Å². The second kappa shape index (κ2) is 9.56. The monoisotopic (exact) mass is 389 g/mol. The maximum absolute atomic E-state index is 12.6. The molecule has 0 aliphatic carbocycles. The Hall–Kier alpha value is -3.59. The zero-order valence-electron chi connectivity index (χ0n) is 16.5. The summed E-state index contributed by atoms with van der Waals surface area (Å²) in [6, 6.07) is 20.7. The van der Waals surface area contributed by atoms with Crippen LogP contribution in [-0.2, 0) is 11.2 Å². The van der Waals surface area contributed by atoms with Crippen LogP contribution >= 0.6 is 0 Å². The van der Waals surface area contributed by atoms with Crippen LogP contribution in [0.15, 0.2) is 65.2 Å². The van der Waals surface area contributed by atoms with Crippen molar-refractivity contribution in [2.75, 3.05) is 13.6 Å². The zero-order chi connectivity index (χ0) is 20.6. The first kappa shape index (κ1) is 20.2. The lowest BCUT2D eigenvalue weighted by Gasteiger charge is -2.22. The van der Waals surface area contributed by atoms with E-state index in [-0.39, 0.29) is 5.91 Å². The number of rotatable bonds is 8. The number of hydrogen-bond donors (Lipinski definition) is 0. The number of nitrogens with zero attached hydrogens (tertiary/aromatic N) is 3. The standard InChI is InChI=1S/C23H23N3O3/c1-17(28-22-13-7-6-11-19(22)16-24)23(27)26(2)14-8-12-20-15-21(25-29-20)18-9-4-3-5-10-18/h3-7,9-11,13,15,17H,8,12,14H2,1-2H3. The van der Waals surface area contributed by atoms with Gasteiger partial charge in [-0.3, -0.25) is 4.79 Å². The van der Waals surface area contributed by atoms with Crippen molar-refractivity contribution in [2.45, 2.75) is 25.9 Å². The molecular formula is C23H23N3O3. The lowest BCUT2D eigenvalue weighted by Crippen LogP contribution is -2.38. The average molecular weight is 389 g/mol. The predicted octanol–water partition coefficient (Wildman–Crippen LogP) is 4.07. The summed E-state index contributed by atoms with van der Waals surface area (Å²) in [5.41, 5.74) is 2.23. The molecule has 148 valence electrons. The van der Waals surface area contributed by atoms with Gasteiger partial charge in [-0.2, -0.15) is 5.26 Å². The first-order valence-corrected chi connectivity index (χ1v) is 9.50. The second-order valence-corrected chi connectivity index (χ2v) is 6.78. The van der Waals surface area contributed by atoms with Crippen molar-refractivity contribution < 1.29 is 14.1 Å². The van der Waals surface area contributed by atoms with Crippen molar-refractivity contribution in [3.63, 3.8) is 0 Å². The highest BCUT2D eigenvalue weighted by Gasteiger charge is 2.20. The van der Waals surface area contributed by atoms with Gasteiger partial charge < -0.3 is 14.2 Å². The molecule has 6 heteroatoms. The second-order valence-electron chi connectivity index (χ2n) is 6.78. The van der Waals surface area contributed by atoms with E-state index in [1.807, 2.05) is 36.4 Å². The summed E-state index contributed by atoms with van der Waals surface area (Å²) in [6.45, 7) is 2.25. The van der Waals surface area contributed by atoms with Gasteiger partial charge in [-0.25, -0.2) is 0 Å². The average Bonchev–Trinajstić information content (AvgIpc) is 3.23. The molecule has 0 saturated heterocycles. The fourth-order valence-electron chi connectivity index (χ4n) is 2.99. The summed E-state index contributed by atoms with van der Waals surface area (Å²) >= 11 is 0. The molecule has 3 rings (SSSR count). The quantitative estimate of drug-likeness (QED) is 0.580. The van der Waals surface area contributed by atoms with E-state index in [1.165, 1.54) is 0 Å². The van der Waals surface area contributed by atoms with Crippen LogP contribution in [0.25, 0.3) is 11.3 Å². The van der Waals surface area contributed by atoms with Crippen LogP contribution in [0.3, 0.4) is 0 Å². The minimum absolute atomic E-state index is 0.139. The topological polar surface area (TPSA) is 79.4 Å². The number of hydrogen-bond acceptors (Lipinski definition) is 5.